The number of pyridine rings is 1. The van der Waals surface area contributed by atoms with Crippen LogP contribution in [0.15, 0.2) is 42.6 Å². The monoisotopic (exact) mass is 312 g/mol. The minimum absolute atomic E-state index is 0.0103. The quantitative estimate of drug-likeness (QED) is 0.744. The Labute approximate surface area is 143 Å². The highest BCUT2D eigenvalue weighted by atomic mass is 16.2. The largest absolute Gasteiger partial charge is 0.348 e. The number of aromatic nitrogens is 2. The number of benzene rings is 1. The van der Waals surface area contributed by atoms with Gasteiger partial charge in [-0.05, 0) is 25.5 Å². The highest BCUT2D eigenvalue weighted by Gasteiger charge is 2.18. The number of rotatable bonds is 3. The fraction of sp³-hybridized carbons (Fsp3) is 0.263. The summed E-state index contributed by atoms with van der Waals surface area (Å²) in [7, 11) is 1.08. The molecule has 23 heavy (non-hydrogen) atoms. The van der Waals surface area contributed by atoms with Gasteiger partial charge in [0, 0.05) is 32.6 Å². The molecule has 0 saturated carbocycles. The van der Waals surface area contributed by atoms with E-state index in [2.05, 4.69) is 4.98 Å². The standard InChI is InChI=1S/C19H21N3O/c1-13-5-8-15(9-6-13)19-16(11-18(23)21(3)4)22-12-14(2)7-10-17(22)20-19/h5-10,12H,11H2,1-4H3/i3D3,11D2. The van der Waals surface area contributed by atoms with Gasteiger partial charge in [0.25, 0.3) is 0 Å². The smallest absolute Gasteiger partial charge is 0.228 e. The number of amides is 1. The first kappa shape index (κ1) is 10.2. The van der Waals surface area contributed by atoms with Gasteiger partial charge in [0.15, 0.2) is 0 Å². The third-order valence-electron chi connectivity index (χ3n) is 3.62. The SMILES string of the molecule is [2H]C([2H])(C(=O)N(C)C([2H])([2H])[2H])c1c(-c2ccc(C)cc2)nc2ccc(C)cn12. The van der Waals surface area contributed by atoms with Crippen LogP contribution in [0.2, 0.25) is 0 Å². The molecular formula is C19H21N3O. The van der Waals surface area contributed by atoms with E-state index >= 15 is 0 Å². The molecule has 0 saturated heterocycles. The average molecular weight is 312 g/mol. The van der Waals surface area contributed by atoms with Gasteiger partial charge in [-0.25, -0.2) is 4.98 Å². The number of nitrogens with zero attached hydrogens (tertiary/aromatic N) is 3. The van der Waals surface area contributed by atoms with Crippen molar-refractivity contribution in [2.24, 2.45) is 0 Å². The van der Waals surface area contributed by atoms with Gasteiger partial charge in [-0.1, -0.05) is 35.9 Å². The third-order valence-corrected chi connectivity index (χ3v) is 3.62. The molecule has 0 unspecified atom stereocenters. The zero-order chi connectivity index (χ0) is 20.9. The van der Waals surface area contributed by atoms with Crippen LogP contribution in [0.25, 0.3) is 16.9 Å². The summed E-state index contributed by atoms with van der Waals surface area (Å²) >= 11 is 0. The summed E-state index contributed by atoms with van der Waals surface area (Å²) in [6, 6.07) is 10.9. The van der Waals surface area contributed by atoms with Crippen molar-refractivity contribution >= 4 is 11.6 Å². The summed E-state index contributed by atoms with van der Waals surface area (Å²) in [5.41, 5.74) is 3.33. The van der Waals surface area contributed by atoms with E-state index in [9.17, 15) is 4.79 Å². The maximum atomic E-state index is 12.8. The van der Waals surface area contributed by atoms with Crippen molar-refractivity contribution in [2.45, 2.75) is 20.2 Å². The lowest BCUT2D eigenvalue weighted by Crippen LogP contribution is -2.24. The van der Waals surface area contributed by atoms with Crippen molar-refractivity contribution in [3.8, 4) is 11.3 Å². The van der Waals surface area contributed by atoms with Crippen LogP contribution in [0.4, 0.5) is 0 Å². The van der Waals surface area contributed by atoms with Crippen molar-refractivity contribution < 1.29 is 11.6 Å². The maximum absolute atomic E-state index is 12.8. The number of aryl methyl sites for hydroxylation is 2. The van der Waals surface area contributed by atoms with Gasteiger partial charge in [-0.15, -0.1) is 0 Å². The second kappa shape index (κ2) is 5.88. The van der Waals surface area contributed by atoms with Crippen LogP contribution in [0.1, 0.15) is 23.7 Å². The minimum Gasteiger partial charge on any atom is -0.348 e. The first-order valence-electron chi connectivity index (χ1n) is 9.77. The number of fused-ring (bicyclic) bond motifs is 1. The van der Waals surface area contributed by atoms with Crippen LogP contribution in [0.5, 0.6) is 0 Å². The summed E-state index contributed by atoms with van der Waals surface area (Å²) in [5.74, 6) is -1.15. The molecule has 0 spiro atoms. The van der Waals surface area contributed by atoms with Crippen LogP contribution in [0, 0.1) is 13.8 Å². The van der Waals surface area contributed by atoms with Gasteiger partial charge in [0.2, 0.25) is 5.91 Å². The molecule has 0 bridgehead atoms. The Kier molecular flexibility index (Phi) is 2.61. The molecule has 0 aliphatic heterocycles. The number of hydrogen-bond acceptors (Lipinski definition) is 2. The molecule has 0 atom stereocenters. The molecule has 4 nitrogen and oxygen atoms in total. The topological polar surface area (TPSA) is 37.6 Å². The van der Waals surface area contributed by atoms with E-state index in [1.54, 1.807) is 12.3 Å². The number of carbonyl (C=O) groups excluding carboxylic acids is 1. The van der Waals surface area contributed by atoms with Crippen molar-refractivity contribution in [2.75, 3.05) is 14.0 Å². The summed E-state index contributed by atoms with van der Waals surface area (Å²) in [4.78, 5) is 17.8. The Bertz CT molecular complexity index is 1040. The Morgan fingerprint density at radius 1 is 1.22 bits per heavy atom. The van der Waals surface area contributed by atoms with Crippen LogP contribution in [-0.2, 0) is 11.2 Å². The lowest BCUT2D eigenvalue weighted by atomic mass is 10.1. The predicted octanol–water partition coefficient (Wildman–Crippen LogP) is 3.25. The highest BCUT2D eigenvalue weighted by molar-refractivity contribution is 5.81. The van der Waals surface area contributed by atoms with Crippen LogP contribution in [0.3, 0.4) is 0 Å². The van der Waals surface area contributed by atoms with E-state index in [0.717, 1.165) is 18.2 Å². The van der Waals surface area contributed by atoms with Crippen molar-refractivity contribution in [3.05, 3.63) is 59.4 Å². The molecule has 2 aromatic heterocycles. The van der Waals surface area contributed by atoms with Crippen molar-refractivity contribution in [1.82, 2.24) is 14.3 Å². The van der Waals surface area contributed by atoms with Gasteiger partial charge >= 0.3 is 0 Å². The first-order chi connectivity index (χ1) is 12.9. The van der Waals surface area contributed by atoms with Crippen LogP contribution in [-0.4, -0.2) is 34.2 Å². The molecule has 118 valence electrons. The molecule has 0 aliphatic rings. The Hall–Kier alpha value is -2.62. The van der Waals surface area contributed by atoms with E-state index in [-0.39, 0.29) is 5.69 Å². The normalized spacial score (nSPS) is 15.3. The molecule has 0 fully saturated rings. The Balaban J connectivity index is 2.28. The van der Waals surface area contributed by atoms with Gasteiger partial charge in [-0.2, -0.15) is 0 Å². The third kappa shape index (κ3) is 2.97. The molecule has 3 rings (SSSR count). The van der Waals surface area contributed by atoms with Gasteiger partial charge in [0.1, 0.15) is 5.65 Å². The zero-order valence-electron chi connectivity index (χ0n) is 18.3. The average Bonchev–Trinajstić information content (AvgIpc) is 2.99. The summed E-state index contributed by atoms with van der Waals surface area (Å²) in [6.07, 6.45) is -0.910. The highest BCUT2D eigenvalue weighted by Crippen LogP contribution is 2.26. The Morgan fingerprint density at radius 2 is 1.91 bits per heavy atom. The molecular weight excluding hydrogens is 286 g/mol. The molecule has 1 amide bonds. The number of hydrogen-bond donors (Lipinski definition) is 0. The lowest BCUT2D eigenvalue weighted by molar-refractivity contribution is -0.128. The second-order valence-electron chi connectivity index (χ2n) is 5.60. The van der Waals surface area contributed by atoms with E-state index in [4.69, 9.17) is 6.85 Å². The number of likely N-dealkylation sites (N-methyl/N-ethyl adjacent to an activating group) is 1. The molecule has 4 heteroatoms. The zero-order valence-corrected chi connectivity index (χ0v) is 13.3. The first-order valence-corrected chi connectivity index (χ1v) is 7.27. The van der Waals surface area contributed by atoms with Gasteiger partial charge in [-0.3, -0.25) is 4.79 Å². The summed E-state index contributed by atoms with van der Waals surface area (Å²) in [6.45, 7) is 1.04. The van der Waals surface area contributed by atoms with Crippen LogP contribution >= 0.6 is 0 Å². The van der Waals surface area contributed by atoms with Gasteiger partial charge < -0.3 is 9.30 Å². The summed E-state index contributed by atoms with van der Waals surface area (Å²) < 4.78 is 41.0. The van der Waals surface area contributed by atoms with E-state index in [1.165, 1.54) is 4.40 Å². The predicted molar refractivity (Wildman–Crippen MR) is 92.5 cm³/mol. The maximum Gasteiger partial charge on any atom is 0.228 e. The van der Waals surface area contributed by atoms with E-state index < -0.39 is 19.3 Å². The summed E-state index contributed by atoms with van der Waals surface area (Å²) in [5, 5.41) is 0. The lowest BCUT2D eigenvalue weighted by Gasteiger charge is -2.11. The number of carbonyl (C=O) groups is 1. The second-order valence-corrected chi connectivity index (χ2v) is 5.60. The molecule has 1 aromatic carbocycles. The molecule has 0 aliphatic carbocycles. The molecule has 3 aromatic rings. The van der Waals surface area contributed by atoms with Gasteiger partial charge in [0.05, 0.1) is 17.8 Å². The molecule has 0 radical (unpaired) electrons. The number of imidazole rings is 1. The van der Waals surface area contributed by atoms with Crippen LogP contribution < -0.4 is 0 Å². The van der Waals surface area contributed by atoms with Crippen molar-refractivity contribution in [3.63, 3.8) is 0 Å². The van der Waals surface area contributed by atoms with Crippen molar-refractivity contribution in [1.29, 1.82) is 0 Å². The van der Waals surface area contributed by atoms with E-state index in [1.807, 2.05) is 44.2 Å². The fourth-order valence-electron chi connectivity index (χ4n) is 2.37. The molecule has 2 heterocycles. The van der Waals surface area contributed by atoms with E-state index in [0.29, 0.717) is 21.8 Å². The Morgan fingerprint density at radius 3 is 2.61 bits per heavy atom. The molecule has 0 N–H and O–H groups in total. The minimum atomic E-state index is -2.75. The fourth-order valence-corrected chi connectivity index (χ4v) is 2.37.